The Labute approximate surface area is 166 Å². The smallest absolute Gasteiger partial charge is 0.0931 e. The highest BCUT2D eigenvalue weighted by molar-refractivity contribution is 5.73. The van der Waals surface area contributed by atoms with Crippen molar-refractivity contribution in [1.29, 1.82) is 0 Å². The molecule has 0 saturated carbocycles. The lowest BCUT2D eigenvalue weighted by atomic mass is 9.96. The zero-order valence-electron chi connectivity index (χ0n) is 16.0. The first-order valence-electron chi connectivity index (χ1n) is 9.84. The van der Waals surface area contributed by atoms with Crippen molar-refractivity contribution in [2.45, 2.75) is 6.04 Å². The van der Waals surface area contributed by atoms with Gasteiger partial charge in [-0.05, 0) is 23.3 Å². The van der Waals surface area contributed by atoms with Crippen molar-refractivity contribution >= 4 is 11.0 Å². The van der Waals surface area contributed by atoms with E-state index >= 15 is 0 Å². The second kappa shape index (κ2) is 9.31. The molecule has 0 bridgehead atoms. The van der Waals surface area contributed by atoms with Gasteiger partial charge in [0.2, 0.25) is 0 Å². The molecule has 1 fully saturated rings. The van der Waals surface area contributed by atoms with Crippen molar-refractivity contribution in [2.75, 3.05) is 26.2 Å². The van der Waals surface area contributed by atoms with Gasteiger partial charge < -0.3 is 10.3 Å². The molecule has 4 nitrogen and oxygen atoms in total. The van der Waals surface area contributed by atoms with Gasteiger partial charge in [-0.3, -0.25) is 4.90 Å². The molecule has 1 saturated heterocycles. The van der Waals surface area contributed by atoms with Crippen molar-refractivity contribution in [2.24, 2.45) is 0 Å². The number of imidazole rings is 1. The third-order valence-corrected chi connectivity index (χ3v) is 5.08. The first-order valence-corrected chi connectivity index (χ1v) is 9.84. The van der Waals surface area contributed by atoms with Crippen LogP contribution in [0.3, 0.4) is 0 Å². The van der Waals surface area contributed by atoms with E-state index in [0.29, 0.717) is 6.04 Å². The lowest BCUT2D eigenvalue weighted by Gasteiger charge is -2.35. The summed E-state index contributed by atoms with van der Waals surface area (Å²) in [6.45, 7) is 4.37. The molecular formula is C24H26N4. The highest BCUT2D eigenvalue weighted by Crippen LogP contribution is 2.28. The number of para-hydroxylation sites is 2. The summed E-state index contributed by atoms with van der Waals surface area (Å²) in [5.41, 5.74) is 4.89. The predicted octanol–water partition coefficient (Wildman–Crippen LogP) is 4.24. The van der Waals surface area contributed by atoms with E-state index in [4.69, 9.17) is 0 Å². The van der Waals surface area contributed by atoms with Gasteiger partial charge in [-0.15, -0.1) is 0 Å². The van der Waals surface area contributed by atoms with Gasteiger partial charge in [0.05, 0.1) is 23.4 Å². The molecule has 0 spiro atoms. The molecule has 0 atom stereocenters. The van der Waals surface area contributed by atoms with Crippen molar-refractivity contribution in [3.8, 4) is 0 Å². The number of hydrogen-bond acceptors (Lipinski definition) is 3. The Balaban J connectivity index is 0.000000177. The number of nitrogens with zero attached hydrogens (tertiary/aromatic N) is 2. The van der Waals surface area contributed by atoms with Crippen LogP contribution >= 0.6 is 0 Å². The number of aromatic nitrogens is 2. The summed E-state index contributed by atoms with van der Waals surface area (Å²) in [7, 11) is 0. The maximum Gasteiger partial charge on any atom is 0.0931 e. The summed E-state index contributed by atoms with van der Waals surface area (Å²) in [5.74, 6) is 0. The number of hydrogen-bond donors (Lipinski definition) is 2. The highest BCUT2D eigenvalue weighted by Gasteiger charge is 2.23. The number of nitrogens with one attached hydrogen (secondary N) is 2. The standard InChI is InChI=1S/C17H20N2.C7H6N2/c1-3-7-15(8-4-1)17(16-9-5-2-6-10-16)19-13-11-18-12-14-19;1-2-4-7-6(3-1)8-5-9-7/h1-10,17-18H,11-14H2;1-5H,(H,8,9). The molecule has 0 aliphatic carbocycles. The van der Waals surface area contributed by atoms with E-state index in [1.165, 1.54) is 11.1 Å². The summed E-state index contributed by atoms with van der Waals surface area (Å²) in [4.78, 5) is 9.64. The fourth-order valence-corrected chi connectivity index (χ4v) is 3.70. The Morgan fingerprint density at radius 3 is 1.89 bits per heavy atom. The van der Waals surface area contributed by atoms with E-state index in [0.717, 1.165) is 37.2 Å². The molecule has 2 heterocycles. The van der Waals surface area contributed by atoms with Crippen LogP contribution in [0, 0.1) is 0 Å². The topological polar surface area (TPSA) is 44.0 Å². The van der Waals surface area contributed by atoms with Crippen LogP contribution in [0.15, 0.2) is 91.3 Å². The maximum absolute atomic E-state index is 4.06. The highest BCUT2D eigenvalue weighted by atomic mass is 15.2. The van der Waals surface area contributed by atoms with Crippen LogP contribution in [0.1, 0.15) is 17.2 Å². The number of benzene rings is 3. The Morgan fingerprint density at radius 1 is 0.714 bits per heavy atom. The van der Waals surface area contributed by atoms with Crippen LogP contribution in [-0.2, 0) is 0 Å². The molecule has 0 radical (unpaired) electrons. The Morgan fingerprint density at radius 2 is 1.29 bits per heavy atom. The fourth-order valence-electron chi connectivity index (χ4n) is 3.70. The van der Waals surface area contributed by atoms with E-state index in [9.17, 15) is 0 Å². The van der Waals surface area contributed by atoms with Gasteiger partial charge >= 0.3 is 0 Å². The SMILES string of the molecule is c1ccc(C(c2ccccc2)N2CCNCC2)cc1.c1ccc2[nH]cnc2c1. The van der Waals surface area contributed by atoms with Gasteiger partial charge in [-0.25, -0.2) is 4.98 Å². The molecule has 1 aromatic heterocycles. The van der Waals surface area contributed by atoms with Crippen molar-refractivity contribution in [3.05, 3.63) is 102 Å². The predicted molar refractivity (Wildman–Crippen MR) is 115 cm³/mol. The minimum Gasteiger partial charge on any atom is -0.345 e. The minimum atomic E-state index is 0.379. The third-order valence-electron chi connectivity index (χ3n) is 5.08. The Bertz CT molecular complexity index is 890. The number of aromatic amines is 1. The van der Waals surface area contributed by atoms with Crippen molar-refractivity contribution in [3.63, 3.8) is 0 Å². The molecule has 28 heavy (non-hydrogen) atoms. The molecule has 1 aliphatic heterocycles. The second-order valence-electron chi connectivity index (χ2n) is 6.93. The van der Waals surface area contributed by atoms with E-state index in [1.54, 1.807) is 6.33 Å². The van der Waals surface area contributed by atoms with E-state index in [2.05, 4.69) is 80.8 Å². The zero-order valence-corrected chi connectivity index (χ0v) is 16.0. The molecule has 0 unspecified atom stereocenters. The number of H-pyrrole nitrogens is 1. The van der Waals surface area contributed by atoms with Crippen LogP contribution in [0.25, 0.3) is 11.0 Å². The van der Waals surface area contributed by atoms with Gasteiger partial charge in [0.1, 0.15) is 0 Å². The molecule has 5 rings (SSSR count). The summed E-state index contributed by atoms with van der Waals surface area (Å²) >= 11 is 0. The quantitative estimate of drug-likeness (QED) is 0.567. The average molecular weight is 370 g/mol. The largest absolute Gasteiger partial charge is 0.345 e. The summed E-state index contributed by atoms with van der Waals surface area (Å²) < 4.78 is 0. The monoisotopic (exact) mass is 370 g/mol. The molecule has 4 aromatic rings. The Kier molecular flexibility index (Phi) is 6.12. The molecule has 2 N–H and O–H groups in total. The van der Waals surface area contributed by atoms with Crippen molar-refractivity contribution < 1.29 is 0 Å². The van der Waals surface area contributed by atoms with Gasteiger partial charge in [0, 0.05) is 26.2 Å². The van der Waals surface area contributed by atoms with Crippen LogP contribution in [0.5, 0.6) is 0 Å². The van der Waals surface area contributed by atoms with Gasteiger partial charge in [0.15, 0.2) is 0 Å². The lowest BCUT2D eigenvalue weighted by molar-refractivity contribution is 0.198. The minimum absolute atomic E-state index is 0.379. The van der Waals surface area contributed by atoms with E-state index in [1.807, 2.05) is 24.3 Å². The fraction of sp³-hybridized carbons (Fsp3) is 0.208. The van der Waals surface area contributed by atoms with Crippen molar-refractivity contribution in [1.82, 2.24) is 20.2 Å². The van der Waals surface area contributed by atoms with E-state index in [-0.39, 0.29) is 0 Å². The molecule has 4 heteroatoms. The van der Waals surface area contributed by atoms with Crippen LogP contribution in [-0.4, -0.2) is 41.0 Å². The average Bonchev–Trinajstić information content (AvgIpc) is 3.26. The first kappa shape index (κ1) is 18.4. The number of piperazine rings is 1. The third kappa shape index (κ3) is 4.47. The summed E-state index contributed by atoms with van der Waals surface area (Å²) in [6, 6.07) is 30.0. The summed E-state index contributed by atoms with van der Waals surface area (Å²) in [5, 5.41) is 3.43. The zero-order chi connectivity index (χ0) is 19.0. The second-order valence-corrected chi connectivity index (χ2v) is 6.93. The van der Waals surface area contributed by atoms with Crippen LogP contribution in [0.2, 0.25) is 0 Å². The molecule has 1 aliphatic rings. The Hall–Kier alpha value is -2.95. The molecule has 142 valence electrons. The van der Waals surface area contributed by atoms with Crippen LogP contribution in [0.4, 0.5) is 0 Å². The molecular weight excluding hydrogens is 344 g/mol. The first-order chi connectivity index (χ1) is 13.9. The van der Waals surface area contributed by atoms with Gasteiger partial charge in [-0.1, -0.05) is 72.8 Å². The molecule has 3 aromatic carbocycles. The normalized spacial score (nSPS) is 14.6. The number of rotatable bonds is 3. The lowest BCUT2D eigenvalue weighted by Crippen LogP contribution is -2.45. The summed E-state index contributed by atoms with van der Waals surface area (Å²) in [6.07, 6.45) is 1.70. The van der Waals surface area contributed by atoms with E-state index < -0.39 is 0 Å². The maximum atomic E-state index is 4.06. The van der Waals surface area contributed by atoms with Gasteiger partial charge in [-0.2, -0.15) is 0 Å². The number of fused-ring (bicyclic) bond motifs is 1. The molecule has 0 amide bonds. The van der Waals surface area contributed by atoms with Crippen LogP contribution < -0.4 is 5.32 Å². The van der Waals surface area contributed by atoms with Gasteiger partial charge in [0.25, 0.3) is 0 Å².